The van der Waals surface area contributed by atoms with Gasteiger partial charge in [-0.3, -0.25) is 9.59 Å². The molecular formula is C26H37N5O2. The standard InChI is InChI=1S/C26H37N5O2/c1-6-7-8-18-17-23(19-9-10-20(27-19)24(32)13-15-30(2)3)29-26(18)22-12-11-21(28-22)25(33)14-16-31(4)5/h9-12,17,27-29H,6-8,13-16H2,1-5H3. The van der Waals surface area contributed by atoms with Gasteiger partial charge in [0.25, 0.3) is 0 Å². The van der Waals surface area contributed by atoms with Crippen LogP contribution in [0.15, 0.2) is 30.3 Å². The van der Waals surface area contributed by atoms with E-state index in [4.69, 9.17) is 0 Å². The fraction of sp³-hybridized carbons (Fsp3) is 0.462. The monoisotopic (exact) mass is 451 g/mol. The summed E-state index contributed by atoms with van der Waals surface area (Å²) < 4.78 is 0. The van der Waals surface area contributed by atoms with Crippen LogP contribution in [0.1, 0.15) is 59.1 Å². The lowest BCUT2D eigenvalue weighted by molar-refractivity contribution is 0.0960. The number of unbranched alkanes of at least 4 members (excludes halogenated alkanes) is 1. The highest BCUT2D eigenvalue weighted by atomic mass is 16.1. The zero-order valence-electron chi connectivity index (χ0n) is 20.5. The minimum absolute atomic E-state index is 0.109. The van der Waals surface area contributed by atoms with Gasteiger partial charge in [0.15, 0.2) is 11.6 Å². The van der Waals surface area contributed by atoms with E-state index in [-0.39, 0.29) is 11.6 Å². The van der Waals surface area contributed by atoms with E-state index in [1.807, 2.05) is 62.3 Å². The van der Waals surface area contributed by atoms with Gasteiger partial charge >= 0.3 is 0 Å². The second-order valence-electron chi connectivity index (χ2n) is 9.21. The van der Waals surface area contributed by atoms with E-state index in [1.165, 1.54) is 5.56 Å². The minimum Gasteiger partial charge on any atom is -0.352 e. The normalized spacial score (nSPS) is 11.6. The molecule has 3 heterocycles. The number of nitrogens with one attached hydrogen (secondary N) is 3. The van der Waals surface area contributed by atoms with Crippen molar-refractivity contribution in [1.82, 2.24) is 24.8 Å². The van der Waals surface area contributed by atoms with Gasteiger partial charge < -0.3 is 24.8 Å². The van der Waals surface area contributed by atoms with E-state index >= 15 is 0 Å². The number of aromatic amines is 3. The fourth-order valence-electron chi connectivity index (χ4n) is 3.79. The lowest BCUT2D eigenvalue weighted by atomic mass is 10.1. The topological polar surface area (TPSA) is 88.0 Å². The average molecular weight is 452 g/mol. The number of carbonyl (C=O) groups excluding carboxylic acids is 2. The summed E-state index contributed by atoms with van der Waals surface area (Å²) in [6, 6.07) is 9.80. The predicted molar refractivity (Wildman–Crippen MR) is 134 cm³/mol. The molecule has 178 valence electrons. The molecule has 0 saturated carbocycles. The molecule has 3 aromatic heterocycles. The van der Waals surface area contributed by atoms with Crippen LogP contribution in [0.25, 0.3) is 22.8 Å². The molecule has 0 aliphatic rings. The number of hydrogen-bond donors (Lipinski definition) is 3. The Morgan fingerprint density at radius 1 is 0.758 bits per heavy atom. The summed E-state index contributed by atoms with van der Waals surface area (Å²) in [4.78, 5) is 39.2. The van der Waals surface area contributed by atoms with Gasteiger partial charge in [0, 0.05) is 25.9 Å². The molecule has 3 N–H and O–H groups in total. The molecule has 0 fully saturated rings. The Morgan fingerprint density at radius 2 is 1.30 bits per heavy atom. The Balaban J connectivity index is 1.84. The van der Waals surface area contributed by atoms with Crippen LogP contribution in [0, 0.1) is 0 Å². The number of nitrogens with zero attached hydrogens (tertiary/aromatic N) is 2. The quantitative estimate of drug-likeness (QED) is 0.331. The van der Waals surface area contributed by atoms with Gasteiger partial charge in [0.05, 0.1) is 34.2 Å². The largest absolute Gasteiger partial charge is 0.352 e. The zero-order valence-corrected chi connectivity index (χ0v) is 20.5. The first-order valence-electron chi connectivity index (χ1n) is 11.7. The SMILES string of the molecule is CCCCc1cc(-c2ccc(C(=O)CCN(C)C)[nH]2)[nH]c1-c1ccc(C(=O)CCN(C)C)[nH]1. The van der Waals surface area contributed by atoms with Crippen LogP contribution >= 0.6 is 0 Å². The van der Waals surface area contributed by atoms with Crippen LogP contribution in [0.3, 0.4) is 0 Å². The number of carbonyl (C=O) groups is 2. The zero-order chi connectivity index (χ0) is 24.0. The third-order valence-corrected chi connectivity index (χ3v) is 5.80. The van der Waals surface area contributed by atoms with E-state index < -0.39 is 0 Å². The Hall–Kier alpha value is -2.90. The number of hydrogen-bond acceptors (Lipinski definition) is 4. The summed E-state index contributed by atoms with van der Waals surface area (Å²) in [6.07, 6.45) is 4.10. The lowest BCUT2D eigenvalue weighted by Gasteiger charge is -2.07. The van der Waals surface area contributed by atoms with E-state index in [1.54, 1.807) is 0 Å². The molecule has 0 saturated heterocycles. The average Bonchev–Trinajstić information content (AvgIpc) is 3.52. The molecule has 0 aromatic carbocycles. The van der Waals surface area contributed by atoms with Crippen LogP contribution in [-0.2, 0) is 6.42 Å². The molecule has 3 rings (SSSR count). The van der Waals surface area contributed by atoms with Gasteiger partial charge in [-0.2, -0.15) is 0 Å². The maximum Gasteiger partial charge on any atom is 0.180 e. The summed E-state index contributed by atoms with van der Waals surface area (Å²) in [5, 5.41) is 0. The van der Waals surface area contributed by atoms with Crippen LogP contribution in [0.2, 0.25) is 0 Å². The first-order valence-corrected chi connectivity index (χ1v) is 11.7. The molecule has 33 heavy (non-hydrogen) atoms. The third kappa shape index (κ3) is 6.55. The molecule has 7 heteroatoms. The van der Waals surface area contributed by atoms with E-state index in [9.17, 15) is 9.59 Å². The van der Waals surface area contributed by atoms with Gasteiger partial charge in [-0.15, -0.1) is 0 Å². The van der Waals surface area contributed by atoms with Crippen molar-refractivity contribution in [1.29, 1.82) is 0 Å². The van der Waals surface area contributed by atoms with E-state index in [0.717, 1.165) is 55.1 Å². The summed E-state index contributed by atoms with van der Waals surface area (Å²) in [6.45, 7) is 3.63. The number of aryl methyl sites for hydroxylation is 1. The van der Waals surface area contributed by atoms with Crippen molar-refractivity contribution in [2.75, 3.05) is 41.3 Å². The predicted octanol–water partition coefficient (Wildman–Crippen LogP) is 4.62. The Morgan fingerprint density at radius 3 is 1.85 bits per heavy atom. The number of aromatic nitrogens is 3. The van der Waals surface area contributed by atoms with Crippen molar-refractivity contribution in [3.63, 3.8) is 0 Å². The maximum absolute atomic E-state index is 12.5. The van der Waals surface area contributed by atoms with E-state index in [2.05, 4.69) is 27.9 Å². The second kappa shape index (κ2) is 11.3. The Labute approximate surface area is 196 Å². The van der Waals surface area contributed by atoms with Crippen LogP contribution < -0.4 is 0 Å². The lowest BCUT2D eigenvalue weighted by Crippen LogP contribution is -2.16. The summed E-state index contributed by atoms with van der Waals surface area (Å²) in [7, 11) is 7.87. The molecule has 0 bridgehead atoms. The van der Waals surface area contributed by atoms with Gasteiger partial charge in [-0.05, 0) is 76.9 Å². The molecule has 3 aromatic rings. The van der Waals surface area contributed by atoms with Crippen LogP contribution in [0.4, 0.5) is 0 Å². The molecule has 0 spiro atoms. The van der Waals surface area contributed by atoms with Crippen molar-refractivity contribution in [3.8, 4) is 22.8 Å². The number of rotatable bonds is 13. The maximum atomic E-state index is 12.5. The molecule has 0 unspecified atom stereocenters. The highest BCUT2D eigenvalue weighted by molar-refractivity contribution is 5.96. The van der Waals surface area contributed by atoms with E-state index in [0.29, 0.717) is 24.2 Å². The highest BCUT2D eigenvalue weighted by Crippen LogP contribution is 2.30. The second-order valence-corrected chi connectivity index (χ2v) is 9.21. The van der Waals surface area contributed by atoms with Gasteiger partial charge in [0.1, 0.15) is 0 Å². The molecule has 0 amide bonds. The molecule has 0 aliphatic heterocycles. The van der Waals surface area contributed by atoms with Gasteiger partial charge in [-0.25, -0.2) is 0 Å². The summed E-state index contributed by atoms with van der Waals surface area (Å²) in [5.41, 5.74) is 6.22. The molecule has 0 aliphatic carbocycles. The van der Waals surface area contributed by atoms with Crippen molar-refractivity contribution in [2.24, 2.45) is 0 Å². The molecule has 7 nitrogen and oxygen atoms in total. The molecular weight excluding hydrogens is 414 g/mol. The van der Waals surface area contributed by atoms with Crippen molar-refractivity contribution in [3.05, 3.63) is 47.3 Å². The minimum atomic E-state index is 0.109. The first-order chi connectivity index (χ1) is 15.8. The van der Waals surface area contributed by atoms with Crippen molar-refractivity contribution in [2.45, 2.75) is 39.0 Å². The summed E-state index contributed by atoms with van der Waals surface area (Å²) in [5.74, 6) is 0.222. The van der Waals surface area contributed by atoms with Gasteiger partial charge in [0.2, 0.25) is 0 Å². The Bertz CT molecular complexity index is 1070. The third-order valence-electron chi connectivity index (χ3n) is 5.80. The van der Waals surface area contributed by atoms with Crippen LogP contribution in [-0.4, -0.2) is 77.6 Å². The fourth-order valence-corrected chi connectivity index (χ4v) is 3.79. The number of ketones is 2. The van der Waals surface area contributed by atoms with Gasteiger partial charge in [-0.1, -0.05) is 13.3 Å². The van der Waals surface area contributed by atoms with Crippen LogP contribution in [0.5, 0.6) is 0 Å². The molecule has 0 radical (unpaired) electrons. The van der Waals surface area contributed by atoms with Crippen molar-refractivity contribution < 1.29 is 9.59 Å². The number of H-pyrrole nitrogens is 3. The smallest absolute Gasteiger partial charge is 0.180 e. The summed E-state index contributed by atoms with van der Waals surface area (Å²) >= 11 is 0. The number of Topliss-reactive ketones (excluding diaryl/α,β-unsaturated/α-hetero) is 2. The van der Waals surface area contributed by atoms with Crippen molar-refractivity contribution >= 4 is 11.6 Å². The first kappa shape index (κ1) is 24.7. The Kier molecular flexibility index (Phi) is 8.47. The molecule has 0 atom stereocenters. The highest BCUT2D eigenvalue weighted by Gasteiger charge is 2.17.